The second-order valence-corrected chi connectivity index (χ2v) is 6.11. The van der Waals surface area contributed by atoms with Crippen molar-refractivity contribution in [2.24, 2.45) is 0 Å². The predicted molar refractivity (Wildman–Crippen MR) is 92.7 cm³/mol. The fourth-order valence-electron chi connectivity index (χ4n) is 2.93. The molecule has 1 saturated heterocycles. The highest BCUT2D eigenvalue weighted by Gasteiger charge is 2.32. The van der Waals surface area contributed by atoms with Gasteiger partial charge in [0.15, 0.2) is 5.58 Å². The molecule has 2 heterocycles. The van der Waals surface area contributed by atoms with Crippen molar-refractivity contribution in [1.29, 1.82) is 0 Å². The Labute approximate surface area is 142 Å². The summed E-state index contributed by atoms with van der Waals surface area (Å²) in [6.07, 6.45) is 0.696. The lowest BCUT2D eigenvalue weighted by Gasteiger charge is -2.17. The number of carbonyl (C=O) groups is 1. The molecule has 1 atom stereocenters. The second-order valence-electron chi connectivity index (χ2n) is 5.68. The van der Waals surface area contributed by atoms with Crippen LogP contribution in [0.1, 0.15) is 6.42 Å². The monoisotopic (exact) mass is 343 g/mol. The Morgan fingerprint density at radius 2 is 1.96 bits per heavy atom. The zero-order chi connectivity index (χ0) is 16.7. The highest BCUT2D eigenvalue weighted by molar-refractivity contribution is 6.30. The van der Waals surface area contributed by atoms with Crippen LogP contribution in [-0.2, 0) is 4.79 Å². The van der Waals surface area contributed by atoms with E-state index >= 15 is 0 Å². The first-order chi connectivity index (χ1) is 11.6. The number of halogens is 1. The largest absolute Gasteiger partial charge is 0.417 e. The van der Waals surface area contributed by atoms with Gasteiger partial charge in [-0.25, -0.2) is 4.79 Å². The lowest BCUT2D eigenvalue weighted by molar-refractivity contribution is -0.117. The minimum absolute atomic E-state index is 0.0121. The molecule has 2 N–H and O–H groups in total. The molecule has 24 heavy (non-hydrogen) atoms. The number of hydrogen-bond acceptors (Lipinski definition) is 4. The molecule has 0 saturated carbocycles. The van der Waals surface area contributed by atoms with Crippen LogP contribution >= 0.6 is 11.6 Å². The normalized spacial score (nSPS) is 17.6. The van der Waals surface area contributed by atoms with Crippen LogP contribution in [0.15, 0.2) is 51.7 Å². The van der Waals surface area contributed by atoms with Crippen LogP contribution < -0.4 is 16.0 Å². The molecule has 1 unspecified atom stereocenters. The van der Waals surface area contributed by atoms with Gasteiger partial charge in [-0.2, -0.15) is 0 Å². The average molecular weight is 344 g/mol. The van der Waals surface area contributed by atoms with Gasteiger partial charge in [-0.3, -0.25) is 9.78 Å². The van der Waals surface area contributed by atoms with Gasteiger partial charge in [-0.15, -0.1) is 0 Å². The first-order valence-electron chi connectivity index (χ1n) is 7.56. The van der Waals surface area contributed by atoms with E-state index in [2.05, 4.69) is 10.3 Å². The number of aromatic amines is 1. The summed E-state index contributed by atoms with van der Waals surface area (Å²) in [7, 11) is 0. The van der Waals surface area contributed by atoms with E-state index in [4.69, 9.17) is 16.0 Å². The molecule has 0 radical (unpaired) electrons. The maximum atomic E-state index is 12.6. The molecule has 122 valence electrons. The Kier molecular flexibility index (Phi) is 3.54. The third-order valence-electron chi connectivity index (χ3n) is 4.10. The molecular weight excluding hydrogens is 330 g/mol. The number of benzene rings is 2. The van der Waals surface area contributed by atoms with Crippen molar-refractivity contribution in [3.05, 3.63) is 58.0 Å². The molecule has 4 rings (SSSR count). The SMILES string of the molecule is O=C1C(Nc2ccc3oc(=O)[nH]c3c2)CCN1c1ccc(Cl)cc1. The number of anilines is 2. The molecule has 2 aromatic carbocycles. The Hall–Kier alpha value is -2.73. The molecule has 1 aliphatic heterocycles. The zero-order valence-corrected chi connectivity index (χ0v) is 13.3. The minimum atomic E-state index is -0.493. The summed E-state index contributed by atoms with van der Waals surface area (Å²) >= 11 is 5.89. The van der Waals surface area contributed by atoms with Crippen molar-refractivity contribution in [1.82, 2.24) is 4.98 Å². The Morgan fingerprint density at radius 1 is 1.17 bits per heavy atom. The molecule has 3 aromatic rings. The maximum absolute atomic E-state index is 12.6. The van der Waals surface area contributed by atoms with E-state index in [0.29, 0.717) is 29.1 Å². The van der Waals surface area contributed by atoms with Crippen LogP contribution in [0.5, 0.6) is 0 Å². The lowest BCUT2D eigenvalue weighted by Crippen LogP contribution is -2.33. The van der Waals surface area contributed by atoms with Gasteiger partial charge in [0.2, 0.25) is 5.91 Å². The number of nitrogens with zero attached hydrogens (tertiary/aromatic N) is 1. The van der Waals surface area contributed by atoms with Gasteiger partial charge in [0.05, 0.1) is 5.52 Å². The number of hydrogen-bond donors (Lipinski definition) is 2. The van der Waals surface area contributed by atoms with E-state index < -0.39 is 5.76 Å². The first kappa shape index (κ1) is 14.8. The Morgan fingerprint density at radius 3 is 2.75 bits per heavy atom. The summed E-state index contributed by atoms with van der Waals surface area (Å²) in [6.45, 7) is 0.642. The van der Waals surface area contributed by atoms with E-state index in [-0.39, 0.29) is 11.9 Å². The number of aromatic nitrogens is 1. The molecule has 0 bridgehead atoms. The molecule has 1 amide bonds. The molecule has 0 aliphatic carbocycles. The summed E-state index contributed by atoms with van der Waals surface area (Å²) in [5, 5.41) is 3.86. The molecule has 1 aliphatic rings. The Balaban J connectivity index is 1.53. The van der Waals surface area contributed by atoms with Crippen LogP contribution in [0.3, 0.4) is 0 Å². The van der Waals surface area contributed by atoms with Gasteiger partial charge in [0.25, 0.3) is 0 Å². The molecule has 1 fully saturated rings. The summed E-state index contributed by atoms with van der Waals surface area (Å²) < 4.78 is 4.97. The third-order valence-corrected chi connectivity index (χ3v) is 4.36. The van der Waals surface area contributed by atoms with Gasteiger partial charge in [-0.05, 0) is 48.9 Å². The van der Waals surface area contributed by atoms with Gasteiger partial charge in [-0.1, -0.05) is 11.6 Å². The van der Waals surface area contributed by atoms with Gasteiger partial charge in [0, 0.05) is 22.9 Å². The second kappa shape index (κ2) is 5.72. The first-order valence-corrected chi connectivity index (χ1v) is 7.94. The molecular formula is C17H14ClN3O3. The van der Waals surface area contributed by atoms with Crippen molar-refractivity contribution in [3.63, 3.8) is 0 Å². The predicted octanol–water partition coefficient (Wildman–Crippen LogP) is 2.99. The van der Waals surface area contributed by atoms with Gasteiger partial charge < -0.3 is 14.6 Å². The van der Waals surface area contributed by atoms with Gasteiger partial charge in [0.1, 0.15) is 6.04 Å². The van der Waals surface area contributed by atoms with Crippen LogP contribution in [0.25, 0.3) is 11.1 Å². The molecule has 1 aromatic heterocycles. The molecule has 6 nitrogen and oxygen atoms in total. The van der Waals surface area contributed by atoms with Crippen molar-refractivity contribution in [2.75, 3.05) is 16.8 Å². The number of fused-ring (bicyclic) bond motifs is 1. The fraction of sp³-hybridized carbons (Fsp3) is 0.176. The number of amides is 1. The van der Waals surface area contributed by atoms with Gasteiger partial charge >= 0.3 is 5.76 Å². The summed E-state index contributed by atoms with van der Waals surface area (Å²) in [5.74, 6) is -0.480. The highest BCUT2D eigenvalue weighted by atomic mass is 35.5. The smallest absolute Gasteiger partial charge is 0.408 e. The number of oxazole rings is 1. The fourth-order valence-corrected chi connectivity index (χ4v) is 3.06. The zero-order valence-electron chi connectivity index (χ0n) is 12.6. The van der Waals surface area contributed by atoms with Crippen molar-refractivity contribution >= 4 is 40.0 Å². The van der Waals surface area contributed by atoms with Crippen molar-refractivity contribution < 1.29 is 9.21 Å². The summed E-state index contributed by atoms with van der Waals surface area (Å²) in [4.78, 5) is 28.2. The number of H-pyrrole nitrogens is 1. The average Bonchev–Trinajstić information content (AvgIpc) is 3.11. The highest BCUT2D eigenvalue weighted by Crippen LogP contribution is 2.26. The third kappa shape index (κ3) is 2.65. The van der Waals surface area contributed by atoms with Crippen LogP contribution in [0.4, 0.5) is 11.4 Å². The van der Waals surface area contributed by atoms with E-state index in [1.54, 1.807) is 35.2 Å². The van der Waals surface area contributed by atoms with Crippen LogP contribution in [0.2, 0.25) is 5.02 Å². The lowest BCUT2D eigenvalue weighted by atomic mass is 10.2. The maximum Gasteiger partial charge on any atom is 0.417 e. The minimum Gasteiger partial charge on any atom is -0.408 e. The summed E-state index contributed by atoms with van der Waals surface area (Å²) in [5.41, 5.74) is 2.69. The Bertz CT molecular complexity index is 961. The van der Waals surface area contributed by atoms with E-state index in [1.165, 1.54) is 0 Å². The summed E-state index contributed by atoms with van der Waals surface area (Å²) in [6, 6.07) is 12.2. The van der Waals surface area contributed by atoms with E-state index in [0.717, 1.165) is 11.4 Å². The van der Waals surface area contributed by atoms with Crippen LogP contribution in [-0.4, -0.2) is 23.5 Å². The molecule has 7 heteroatoms. The van der Waals surface area contributed by atoms with E-state index in [9.17, 15) is 9.59 Å². The van der Waals surface area contributed by atoms with Crippen molar-refractivity contribution in [2.45, 2.75) is 12.5 Å². The van der Waals surface area contributed by atoms with E-state index in [1.807, 2.05) is 12.1 Å². The quantitative estimate of drug-likeness (QED) is 0.766. The topological polar surface area (TPSA) is 78.3 Å². The van der Waals surface area contributed by atoms with Crippen molar-refractivity contribution in [3.8, 4) is 0 Å². The molecule has 0 spiro atoms. The van der Waals surface area contributed by atoms with Crippen LogP contribution in [0, 0.1) is 0 Å². The number of nitrogens with one attached hydrogen (secondary N) is 2. The standard InChI is InChI=1S/C17H14ClN3O3/c18-10-1-4-12(5-2-10)21-8-7-13(16(21)22)19-11-3-6-15-14(9-11)20-17(23)24-15/h1-6,9,13,19H,7-8H2,(H,20,23). The number of carbonyl (C=O) groups excluding carboxylic acids is 1. The number of rotatable bonds is 3.